The highest BCUT2D eigenvalue weighted by atomic mass is 32.2. The van der Waals surface area contributed by atoms with Crippen molar-refractivity contribution in [2.75, 3.05) is 16.4 Å². The molecule has 39 heavy (non-hydrogen) atoms. The lowest BCUT2D eigenvalue weighted by molar-refractivity contribution is -0.114. The summed E-state index contributed by atoms with van der Waals surface area (Å²) in [5, 5.41) is 20.3. The molecule has 3 heterocycles. The van der Waals surface area contributed by atoms with Crippen LogP contribution < -0.4 is 16.0 Å². The minimum Gasteiger partial charge on any atom is -0.468 e. The first-order valence-corrected chi connectivity index (χ1v) is 14.0. The maximum absolute atomic E-state index is 13.6. The van der Waals surface area contributed by atoms with Gasteiger partial charge in [0.15, 0.2) is 5.13 Å². The Morgan fingerprint density at radius 3 is 2.54 bits per heavy atom. The van der Waals surface area contributed by atoms with Crippen LogP contribution in [0.15, 0.2) is 87.1 Å². The number of nitrogens with one attached hydrogen (secondary N) is 3. The number of nitriles is 1. The van der Waals surface area contributed by atoms with Gasteiger partial charge in [0.1, 0.15) is 5.76 Å². The average Bonchev–Trinajstić information content (AvgIpc) is 3.59. The Bertz CT molecular complexity index is 1630. The summed E-state index contributed by atoms with van der Waals surface area (Å²) in [4.78, 5) is 30.9. The number of aryl methyl sites for hydroxylation is 2. The fourth-order valence-corrected chi connectivity index (χ4v) is 6.25. The molecule has 0 aliphatic carbocycles. The third kappa shape index (κ3) is 5.46. The standard InChI is InChI=1S/C29H25N5O3S2/c1-16-8-6-9-17(2)26(16)34-27(36)24-18(3)31-28(19(14-30)25(24)21-11-7-13-37-21)38-15-23(35)33-29-32-20-10-4-5-12-22(20)39-29/h4-13,25,31H,15H2,1-3H3,(H,34,36)(H,32,33,35)/t25-/m0/s1. The van der Waals surface area contributed by atoms with E-state index in [4.69, 9.17) is 4.42 Å². The SMILES string of the molecule is CC1=C(C(=O)Nc2c(C)cccc2C)[C@H](c2ccco2)C(C#N)=C(SCC(=O)Nc2nc3ccccc3s2)N1. The number of carbonyl (C=O) groups excluding carboxylic acids is 2. The van der Waals surface area contributed by atoms with Gasteiger partial charge in [-0.1, -0.05) is 53.4 Å². The Morgan fingerprint density at radius 1 is 1.08 bits per heavy atom. The minimum atomic E-state index is -0.731. The van der Waals surface area contributed by atoms with Gasteiger partial charge >= 0.3 is 0 Å². The maximum atomic E-state index is 13.6. The van der Waals surface area contributed by atoms with E-state index in [1.54, 1.807) is 19.1 Å². The maximum Gasteiger partial charge on any atom is 0.254 e. The van der Waals surface area contributed by atoms with Crippen LogP contribution in [0.5, 0.6) is 0 Å². The second-order valence-electron chi connectivity index (χ2n) is 9.01. The van der Waals surface area contributed by atoms with Crippen molar-refractivity contribution in [3.05, 3.63) is 99.6 Å². The molecule has 1 aliphatic rings. The predicted molar refractivity (Wildman–Crippen MR) is 155 cm³/mol. The van der Waals surface area contributed by atoms with E-state index in [1.165, 1.54) is 29.4 Å². The molecular formula is C29H25N5O3S2. The number of fused-ring (bicyclic) bond motifs is 1. The first-order chi connectivity index (χ1) is 18.9. The monoisotopic (exact) mass is 555 g/mol. The molecule has 2 aromatic carbocycles. The highest BCUT2D eigenvalue weighted by Gasteiger charge is 2.36. The third-order valence-corrected chi connectivity index (χ3v) is 8.30. The van der Waals surface area contributed by atoms with Crippen molar-refractivity contribution in [1.29, 1.82) is 5.26 Å². The fourth-order valence-electron chi connectivity index (χ4n) is 4.48. The second kappa shape index (κ2) is 11.2. The molecule has 2 aromatic heterocycles. The van der Waals surface area contributed by atoms with Crippen LogP contribution in [-0.2, 0) is 9.59 Å². The number of hydrogen-bond acceptors (Lipinski definition) is 8. The summed E-state index contributed by atoms with van der Waals surface area (Å²) in [6, 6.07) is 19.2. The molecule has 0 unspecified atom stereocenters. The molecule has 0 fully saturated rings. The fraction of sp³-hybridized carbons (Fsp3) is 0.172. The largest absolute Gasteiger partial charge is 0.468 e. The molecule has 0 radical (unpaired) electrons. The van der Waals surface area contributed by atoms with Gasteiger partial charge in [-0.3, -0.25) is 9.59 Å². The number of thiazole rings is 1. The van der Waals surface area contributed by atoms with Crippen LogP contribution in [0, 0.1) is 25.2 Å². The number of hydrogen-bond donors (Lipinski definition) is 3. The van der Waals surface area contributed by atoms with Gasteiger partial charge in [-0.25, -0.2) is 4.98 Å². The van der Waals surface area contributed by atoms with Gasteiger partial charge in [0.05, 0.1) is 50.4 Å². The van der Waals surface area contributed by atoms with Crippen LogP contribution in [0.1, 0.15) is 29.7 Å². The molecule has 5 rings (SSSR count). The molecule has 0 saturated carbocycles. The highest BCUT2D eigenvalue weighted by molar-refractivity contribution is 8.03. The van der Waals surface area contributed by atoms with Crippen LogP contribution >= 0.6 is 23.1 Å². The highest BCUT2D eigenvalue weighted by Crippen LogP contribution is 2.41. The van der Waals surface area contributed by atoms with Crippen LogP contribution in [0.4, 0.5) is 10.8 Å². The summed E-state index contributed by atoms with van der Waals surface area (Å²) in [7, 11) is 0. The molecular weight excluding hydrogens is 530 g/mol. The Kier molecular flexibility index (Phi) is 7.54. The predicted octanol–water partition coefficient (Wildman–Crippen LogP) is 6.21. The Morgan fingerprint density at radius 2 is 1.85 bits per heavy atom. The van der Waals surface area contributed by atoms with Gasteiger partial charge in [0, 0.05) is 11.4 Å². The number of amides is 2. The van der Waals surface area contributed by atoms with E-state index < -0.39 is 5.92 Å². The van der Waals surface area contributed by atoms with E-state index in [0.717, 1.165) is 27.0 Å². The van der Waals surface area contributed by atoms with Gasteiger partial charge in [-0.2, -0.15) is 5.26 Å². The average molecular weight is 556 g/mol. The minimum absolute atomic E-state index is 0.0472. The molecule has 1 aliphatic heterocycles. The molecule has 8 nitrogen and oxygen atoms in total. The zero-order chi connectivity index (χ0) is 27.5. The molecule has 1 atom stereocenters. The number of aromatic nitrogens is 1. The molecule has 196 valence electrons. The van der Waals surface area contributed by atoms with E-state index in [1.807, 2.05) is 56.3 Å². The number of furan rings is 1. The third-order valence-electron chi connectivity index (χ3n) is 6.33. The molecule has 4 aromatic rings. The van der Waals surface area contributed by atoms with E-state index in [0.29, 0.717) is 32.8 Å². The summed E-state index contributed by atoms with van der Waals surface area (Å²) in [6.45, 7) is 5.65. The summed E-state index contributed by atoms with van der Waals surface area (Å²) < 4.78 is 6.67. The van der Waals surface area contributed by atoms with Crippen LogP contribution in [-0.4, -0.2) is 22.6 Å². The van der Waals surface area contributed by atoms with Crippen molar-refractivity contribution in [1.82, 2.24) is 10.3 Å². The number of allylic oxidation sites excluding steroid dienone is 2. The van der Waals surface area contributed by atoms with Crippen molar-refractivity contribution in [2.24, 2.45) is 0 Å². The van der Waals surface area contributed by atoms with Crippen molar-refractivity contribution < 1.29 is 14.0 Å². The number of nitrogens with zero attached hydrogens (tertiary/aromatic N) is 2. The molecule has 0 saturated heterocycles. The Labute approximate surface area is 233 Å². The lowest BCUT2D eigenvalue weighted by Crippen LogP contribution is -2.31. The van der Waals surface area contributed by atoms with Crippen molar-refractivity contribution in [2.45, 2.75) is 26.7 Å². The zero-order valence-corrected chi connectivity index (χ0v) is 23.1. The first kappa shape index (κ1) is 26.3. The van der Waals surface area contributed by atoms with Gasteiger partial charge in [0.25, 0.3) is 5.91 Å². The Hall–Kier alpha value is -4.33. The summed E-state index contributed by atoms with van der Waals surface area (Å²) in [5.41, 5.74) is 4.69. The van der Waals surface area contributed by atoms with E-state index in [9.17, 15) is 14.9 Å². The van der Waals surface area contributed by atoms with Gasteiger partial charge in [0.2, 0.25) is 5.91 Å². The van der Waals surface area contributed by atoms with Crippen LogP contribution in [0.2, 0.25) is 0 Å². The van der Waals surface area contributed by atoms with Crippen molar-refractivity contribution in [3.63, 3.8) is 0 Å². The molecule has 3 N–H and O–H groups in total. The number of dihydropyridines is 1. The molecule has 0 spiro atoms. The smallest absolute Gasteiger partial charge is 0.254 e. The van der Waals surface area contributed by atoms with Crippen LogP contribution in [0.3, 0.4) is 0 Å². The van der Waals surface area contributed by atoms with E-state index >= 15 is 0 Å². The first-order valence-electron chi connectivity index (χ1n) is 12.2. The number of benzene rings is 2. The molecule has 10 heteroatoms. The van der Waals surface area contributed by atoms with Crippen LogP contribution in [0.25, 0.3) is 10.2 Å². The normalized spacial score (nSPS) is 15.2. The van der Waals surface area contributed by atoms with Gasteiger partial charge < -0.3 is 20.4 Å². The summed E-state index contributed by atoms with van der Waals surface area (Å²) in [5.74, 6) is -0.794. The number of para-hydroxylation sites is 2. The number of carbonyl (C=O) groups is 2. The molecule has 2 amide bonds. The topological polar surface area (TPSA) is 120 Å². The van der Waals surface area contributed by atoms with E-state index in [-0.39, 0.29) is 17.6 Å². The zero-order valence-electron chi connectivity index (χ0n) is 21.5. The Balaban J connectivity index is 1.39. The number of anilines is 2. The van der Waals surface area contributed by atoms with E-state index in [2.05, 4.69) is 27.0 Å². The quantitative estimate of drug-likeness (QED) is 0.248. The number of thioether (sulfide) groups is 1. The molecule has 0 bridgehead atoms. The van der Waals surface area contributed by atoms with Gasteiger partial charge in [-0.15, -0.1) is 0 Å². The van der Waals surface area contributed by atoms with Gasteiger partial charge in [-0.05, 0) is 56.2 Å². The lowest BCUT2D eigenvalue weighted by Gasteiger charge is -2.28. The summed E-state index contributed by atoms with van der Waals surface area (Å²) in [6.07, 6.45) is 1.51. The number of rotatable bonds is 7. The van der Waals surface area contributed by atoms with Crippen molar-refractivity contribution in [3.8, 4) is 6.07 Å². The van der Waals surface area contributed by atoms with Crippen molar-refractivity contribution >= 4 is 55.9 Å². The summed E-state index contributed by atoms with van der Waals surface area (Å²) >= 11 is 2.60. The second-order valence-corrected chi connectivity index (χ2v) is 11.0. The lowest BCUT2D eigenvalue weighted by atomic mass is 9.85.